The highest BCUT2D eigenvalue weighted by Gasteiger charge is 2.21. The molecule has 0 bridgehead atoms. The van der Waals surface area contributed by atoms with Crippen molar-refractivity contribution in [2.45, 2.75) is 39.2 Å². The molecule has 1 atom stereocenters. The second-order valence-corrected chi connectivity index (χ2v) is 6.86. The van der Waals surface area contributed by atoms with E-state index in [-0.39, 0.29) is 5.97 Å². The van der Waals surface area contributed by atoms with Gasteiger partial charge in [0.25, 0.3) is 0 Å². The number of carbonyl (C=O) groups is 1. The summed E-state index contributed by atoms with van der Waals surface area (Å²) in [6.45, 7) is 5.44. The van der Waals surface area contributed by atoms with Crippen molar-refractivity contribution in [1.29, 1.82) is 0 Å². The van der Waals surface area contributed by atoms with Crippen LogP contribution in [0.4, 0.5) is 5.69 Å². The average molecular weight is 369 g/mol. The Bertz CT molecular complexity index is 848. The minimum atomic E-state index is -0.185. The van der Waals surface area contributed by atoms with E-state index in [0.717, 1.165) is 53.0 Å². The molecule has 1 saturated heterocycles. The second kappa shape index (κ2) is 8.75. The molecule has 27 heavy (non-hydrogen) atoms. The van der Waals surface area contributed by atoms with Crippen LogP contribution in [0.25, 0.3) is 10.9 Å². The van der Waals surface area contributed by atoms with E-state index < -0.39 is 0 Å². The molecule has 1 aliphatic rings. The fourth-order valence-corrected chi connectivity index (χ4v) is 3.32. The Morgan fingerprint density at radius 1 is 1.41 bits per heavy atom. The fraction of sp³-hybridized carbons (Fsp3) is 0.429. The van der Waals surface area contributed by atoms with Gasteiger partial charge in [-0.2, -0.15) is 0 Å². The van der Waals surface area contributed by atoms with Gasteiger partial charge in [0.2, 0.25) is 0 Å². The van der Waals surface area contributed by atoms with Gasteiger partial charge in [-0.25, -0.2) is 4.79 Å². The highest BCUT2D eigenvalue weighted by Crippen LogP contribution is 2.28. The first-order chi connectivity index (χ1) is 13.1. The van der Waals surface area contributed by atoms with Gasteiger partial charge in [-0.15, -0.1) is 0 Å². The number of anilines is 1. The van der Waals surface area contributed by atoms with E-state index in [4.69, 9.17) is 9.47 Å². The molecule has 6 nitrogen and oxygen atoms in total. The third-order valence-electron chi connectivity index (χ3n) is 4.79. The maximum absolute atomic E-state index is 11.6. The standard InChI is InChI=1S/C21H27N3O3/c1-14(6-4-9-22-15(2)18-8-11-27-21(18)25)24-17-12-16-7-5-10-23-20(16)19(13-17)26-3/h5,7,10,12-14,22,24H,4,6,8-9,11H2,1-3H3. The Hall–Kier alpha value is -2.76. The molecule has 0 spiro atoms. The topological polar surface area (TPSA) is 72.5 Å². The Kier molecular flexibility index (Phi) is 6.16. The van der Waals surface area contributed by atoms with Crippen molar-refractivity contribution in [2.75, 3.05) is 25.6 Å². The molecule has 0 amide bonds. The predicted octanol–water partition coefficient (Wildman–Crippen LogP) is 3.63. The van der Waals surface area contributed by atoms with Crippen molar-refractivity contribution in [2.24, 2.45) is 0 Å². The third-order valence-corrected chi connectivity index (χ3v) is 4.79. The molecule has 144 valence electrons. The summed E-state index contributed by atoms with van der Waals surface area (Å²) < 4.78 is 10.5. The maximum Gasteiger partial charge on any atom is 0.335 e. The molecule has 1 aliphatic heterocycles. The molecule has 1 fully saturated rings. The molecule has 1 aromatic carbocycles. The van der Waals surface area contributed by atoms with Crippen LogP contribution in [0.1, 0.15) is 33.1 Å². The number of esters is 1. The molecule has 0 saturated carbocycles. The zero-order valence-corrected chi connectivity index (χ0v) is 16.2. The van der Waals surface area contributed by atoms with Crippen LogP contribution < -0.4 is 15.4 Å². The summed E-state index contributed by atoms with van der Waals surface area (Å²) in [4.78, 5) is 15.9. The number of cyclic esters (lactones) is 1. The lowest BCUT2D eigenvalue weighted by molar-refractivity contribution is -0.135. The maximum atomic E-state index is 11.6. The monoisotopic (exact) mass is 369 g/mol. The summed E-state index contributed by atoms with van der Waals surface area (Å²) in [7, 11) is 1.67. The summed E-state index contributed by atoms with van der Waals surface area (Å²) in [5, 5.41) is 7.93. The Morgan fingerprint density at radius 3 is 3.00 bits per heavy atom. The Labute approximate surface area is 160 Å². The highest BCUT2D eigenvalue weighted by molar-refractivity contribution is 5.91. The van der Waals surface area contributed by atoms with E-state index in [9.17, 15) is 4.79 Å². The molecule has 0 radical (unpaired) electrons. The molecule has 0 aliphatic carbocycles. The Morgan fingerprint density at radius 2 is 2.26 bits per heavy atom. The number of allylic oxidation sites excluding steroid dienone is 1. The van der Waals surface area contributed by atoms with Crippen LogP contribution in [0.2, 0.25) is 0 Å². The number of ether oxygens (including phenoxy) is 2. The van der Waals surface area contributed by atoms with Crippen LogP contribution in [-0.4, -0.2) is 37.3 Å². The smallest absolute Gasteiger partial charge is 0.335 e. The van der Waals surface area contributed by atoms with Crippen molar-refractivity contribution < 1.29 is 14.3 Å². The van der Waals surface area contributed by atoms with Crippen molar-refractivity contribution in [1.82, 2.24) is 10.3 Å². The molecule has 3 rings (SSSR count). The van der Waals surface area contributed by atoms with Gasteiger partial charge in [0.15, 0.2) is 0 Å². The molecular formula is C21H27N3O3. The first kappa shape index (κ1) is 19.0. The molecule has 6 heteroatoms. The number of rotatable bonds is 8. The van der Waals surface area contributed by atoms with Crippen molar-refractivity contribution in [3.63, 3.8) is 0 Å². The van der Waals surface area contributed by atoms with Crippen molar-refractivity contribution >= 4 is 22.6 Å². The zero-order valence-electron chi connectivity index (χ0n) is 16.2. The van der Waals surface area contributed by atoms with Crippen LogP contribution in [0.15, 0.2) is 41.7 Å². The summed E-state index contributed by atoms with van der Waals surface area (Å²) >= 11 is 0. The van der Waals surface area contributed by atoms with Crippen LogP contribution in [-0.2, 0) is 9.53 Å². The van der Waals surface area contributed by atoms with Crippen molar-refractivity contribution in [3.8, 4) is 5.75 Å². The van der Waals surface area contributed by atoms with Crippen LogP contribution in [0.5, 0.6) is 5.75 Å². The highest BCUT2D eigenvalue weighted by atomic mass is 16.5. The SMILES string of the molecule is COc1cc(NC(C)CCCNC(C)=C2CCOC2=O)cc2cccnc12. The third kappa shape index (κ3) is 4.70. The minimum absolute atomic E-state index is 0.185. The number of hydrogen-bond donors (Lipinski definition) is 2. The van der Waals surface area contributed by atoms with Crippen LogP contribution in [0, 0.1) is 0 Å². The molecule has 2 heterocycles. The number of hydrogen-bond acceptors (Lipinski definition) is 6. The van der Waals surface area contributed by atoms with Gasteiger partial charge in [-0.1, -0.05) is 6.07 Å². The fourth-order valence-electron chi connectivity index (χ4n) is 3.32. The van der Waals surface area contributed by atoms with Crippen molar-refractivity contribution in [3.05, 3.63) is 41.7 Å². The number of aromatic nitrogens is 1. The quantitative estimate of drug-likeness (QED) is 0.421. The average Bonchev–Trinajstić information content (AvgIpc) is 3.10. The first-order valence-electron chi connectivity index (χ1n) is 9.38. The molecule has 1 aromatic heterocycles. The molecule has 2 aromatic rings. The molecule has 2 N–H and O–H groups in total. The van der Waals surface area contributed by atoms with Gasteiger partial charge in [0.1, 0.15) is 11.3 Å². The Balaban J connectivity index is 1.51. The number of fused-ring (bicyclic) bond motifs is 1. The van der Waals surface area contributed by atoms with E-state index in [1.165, 1.54) is 0 Å². The van der Waals surface area contributed by atoms with E-state index >= 15 is 0 Å². The van der Waals surface area contributed by atoms with Gasteiger partial charge in [-0.05, 0) is 38.8 Å². The first-order valence-corrected chi connectivity index (χ1v) is 9.38. The van der Waals surface area contributed by atoms with Crippen LogP contribution in [0.3, 0.4) is 0 Å². The summed E-state index contributed by atoms with van der Waals surface area (Å²) in [5.41, 5.74) is 3.61. The van der Waals surface area contributed by atoms with Gasteiger partial charge in [0, 0.05) is 48.0 Å². The van der Waals surface area contributed by atoms with Gasteiger partial charge < -0.3 is 20.1 Å². The molecular weight excluding hydrogens is 342 g/mol. The number of nitrogens with one attached hydrogen (secondary N) is 2. The van der Waals surface area contributed by atoms with E-state index in [2.05, 4.69) is 28.6 Å². The number of carbonyl (C=O) groups excluding carboxylic acids is 1. The normalized spacial score (nSPS) is 16.8. The summed E-state index contributed by atoms with van der Waals surface area (Å²) in [5.74, 6) is 0.588. The van der Waals surface area contributed by atoms with E-state index in [1.807, 2.05) is 25.1 Å². The lowest BCUT2D eigenvalue weighted by atomic mass is 10.1. The van der Waals surface area contributed by atoms with Gasteiger partial charge >= 0.3 is 5.97 Å². The number of methoxy groups -OCH3 is 1. The molecule has 1 unspecified atom stereocenters. The lowest BCUT2D eigenvalue weighted by Gasteiger charge is -2.17. The van der Waals surface area contributed by atoms with Gasteiger partial charge in [0.05, 0.1) is 19.3 Å². The largest absolute Gasteiger partial charge is 0.494 e. The number of benzene rings is 1. The second-order valence-electron chi connectivity index (χ2n) is 6.86. The summed E-state index contributed by atoms with van der Waals surface area (Å²) in [6.07, 6.45) is 4.48. The zero-order chi connectivity index (χ0) is 19.2. The number of nitrogens with zero attached hydrogens (tertiary/aromatic N) is 1. The summed E-state index contributed by atoms with van der Waals surface area (Å²) in [6, 6.07) is 8.37. The van der Waals surface area contributed by atoms with E-state index in [0.29, 0.717) is 19.1 Å². The predicted molar refractivity (Wildman–Crippen MR) is 107 cm³/mol. The van der Waals surface area contributed by atoms with E-state index in [1.54, 1.807) is 13.3 Å². The minimum Gasteiger partial charge on any atom is -0.494 e. The number of pyridine rings is 1. The van der Waals surface area contributed by atoms with Gasteiger partial charge in [-0.3, -0.25) is 4.98 Å². The van der Waals surface area contributed by atoms with Crippen LogP contribution >= 0.6 is 0 Å². The lowest BCUT2D eigenvalue weighted by Crippen LogP contribution is -2.20.